The van der Waals surface area contributed by atoms with E-state index in [-0.39, 0.29) is 0 Å². The van der Waals surface area contributed by atoms with E-state index in [0.29, 0.717) is 0 Å². The smallest absolute Gasteiger partial charge is 0.166 e. The van der Waals surface area contributed by atoms with Gasteiger partial charge in [-0.05, 0) is 6.42 Å². The molecule has 0 atom stereocenters. The number of aromatic amines is 1. The van der Waals surface area contributed by atoms with Crippen molar-refractivity contribution in [3.8, 4) is 22.5 Å². The van der Waals surface area contributed by atoms with E-state index in [2.05, 4.69) is 60.4 Å². The molecule has 0 spiro atoms. The molecule has 0 unspecified atom stereocenters. The Morgan fingerprint density at radius 2 is 1.52 bits per heavy atom. The number of nitrogens with zero attached hydrogens (tertiary/aromatic N) is 1. The van der Waals surface area contributed by atoms with E-state index in [1.807, 2.05) is 23.9 Å². The Labute approximate surface area is 142 Å². The van der Waals surface area contributed by atoms with Gasteiger partial charge >= 0.3 is 0 Å². The van der Waals surface area contributed by atoms with Crippen LogP contribution in [-0.4, -0.2) is 15.7 Å². The molecule has 0 saturated heterocycles. The number of thioether (sulfide) groups is 1. The van der Waals surface area contributed by atoms with Gasteiger partial charge in [-0.1, -0.05) is 92.2 Å². The quantitative estimate of drug-likeness (QED) is 0.425. The number of nitrogens with one attached hydrogen (secondary N) is 1. The fourth-order valence-electron chi connectivity index (χ4n) is 2.56. The third-order valence-electron chi connectivity index (χ3n) is 3.78. The summed E-state index contributed by atoms with van der Waals surface area (Å²) in [5.41, 5.74) is 4.48. The van der Waals surface area contributed by atoms with Crippen LogP contribution in [-0.2, 0) is 0 Å². The van der Waals surface area contributed by atoms with Gasteiger partial charge in [-0.3, -0.25) is 0 Å². The lowest BCUT2D eigenvalue weighted by molar-refractivity contribution is 0.777. The molecule has 0 amide bonds. The molecule has 0 saturated carbocycles. The van der Waals surface area contributed by atoms with Crippen LogP contribution in [0.3, 0.4) is 0 Å². The van der Waals surface area contributed by atoms with E-state index < -0.39 is 0 Å². The summed E-state index contributed by atoms with van der Waals surface area (Å²) in [5.74, 6) is 1.11. The summed E-state index contributed by atoms with van der Waals surface area (Å²) in [6.45, 7) is 2.23. The number of unbranched alkanes of at least 4 members (excludes halogenated alkanes) is 2. The highest BCUT2D eigenvalue weighted by atomic mass is 32.2. The molecule has 0 aliphatic heterocycles. The molecule has 2 aromatic carbocycles. The Bertz CT molecular complexity index is 663. The third-order valence-corrected chi connectivity index (χ3v) is 4.74. The van der Waals surface area contributed by atoms with Gasteiger partial charge in [-0.25, -0.2) is 4.98 Å². The van der Waals surface area contributed by atoms with Gasteiger partial charge in [-0.15, -0.1) is 0 Å². The lowest BCUT2D eigenvalue weighted by Crippen LogP contribution is -1.82. The second-order valence-electron chi connectivity index (χ2n) is 5.55. The van der Waals surface area contributed by atoms with Gasteiger partial charge in [0.15, 0.2) is 5.16 Å². The van der Waals surface area contributed by atoms with Gasteiger partial charge in [0, 0.05) is 16.9 Å². The number of H-pyrrole nitrogens is 1. The molecule has 3 rings (SSSR count). The predicted molar refractivity (Wildman–Crippen MR) is 99.7 cm³/mol. The molecule has 3 aromatic rings. The largest absolute Gasteiger partial charge is 0.332 e. The summed E-state index contributed by atoms with van der Waals surface area (Å²) < 4.78 is 0. The van der Waals surface area contributed by atoms with Gasteiger partial charge < -0.3 is 4.98 Å². The zero-order chi connectivity index (χ0) is 15.9. The first-order valence-electron chi connectivity index (χ1n) is 8.22. The molecule has 23 heavy (non-hydrogen) atoms. The van der Waals surface area contributed by atoms with E-state index >= 15 is 0 Å². The van der Waals surface area contributed by atoms with Crippen molar-refractivity contribution < 1.29 is 0 Å². The molecular formula is C20H22N2S. The Balaban J connectivity index is 1.91. The molecule has 0 aliphatic carbocycles. The lowest BCUT2D eigenvalue weighted by Gasteiger charge is -2.02. The van der Waals surface area contributed by atoms with Crippen molar-refractivity contribution in [1.29, 1.82) is 0 Å². The predicted octanol–water partition coefficient (Wildman–Crippen LogP) is 6.03. The fourth-order valence-corrected chi connectivity index (χ4v) is 3.43. The molecule has 3 heteroatoms. The highest BCUT2D eigenvalue weighted by Crippen LogP contribution is 2.32. The fraction of sp³-hybridized carbons (Fsp3) is 0.250. The van der Waals surface area contributed by atoms with Gasteiger partial charge in [0.25, 0.3) is 0 Å². The molecule has 1 heterocycles. The number of hydrogen-bond donors (Lipinski definition) is 1. The average molecular weight is 322 g/mol. The lowest BCUT2D eigenvalue weighted by atomic mass is 10.1. The van der Waals surface area contributed by atoms with Crippen LogP contribution in [0.25, 0.3) is 22.5 Å². The van der Waals surface area contributed by atoms with E-state index in [4.69, 9.17) is 4.98 Å². The van der Waals surface area contributed by atoms with Gasteiger partial charge in [0.2, 0.25) is 0 Å². The van der Waals surface area contributed by atoms with Crippen LogP contribution in [0.5, 0.6) is 0 Å². The molecule has 0 aliphatic rings. The molecule has 118 valence electrons. The van der Waals surface area contributed by atoms with E-state index in [0.717, 1.165) is 27.9 Å². The van der Waals surface area contributed by atoms with Crippen LogP contribution < -0.4 is 0 Å². The molecule has 0 fully saturated rings. The summed E-state index contributed by atoms with van der Waals surface area (Å²) in [5, 5.41) is 1.01. The monoisotopic (exact) mass is 322 g/mol. The van der Waals surface area contributed by atoms with Crippen molar-refractivity contribution in [2.75, 3.05) is 5.75 Å². The maximum atomic E-state index is 4.86. The molecule has 1 N–H and O–H groups in total. The maximum absolute atomic E-state index is 4.86. The van der Waals surface area contributed by atoms with Crippen molar-refractivity contribution in [2.45, 2.75) is 31.3 Å². The van der Waals surface area contributed by atoms with Gasteiger partial charge in [0.05, 0.1) is 11.4 Å². The first-order chi connectivity index (χ1) is 11.4. The number of imidazole rings is 1. The Hall–Kier alpha value is -2.00. The van der Waals surface area contributed by atoms with E-state index in [1.54, 1.807) is 0 Å². The second-order valence-corrected chi connectivity index (χ2v) is 6.64. The SMILES string of the molecule is CCCCCSc1nc(-c2ccccc2)c(-c2ccccc2)[nH]1. The number of aromatic nitrogens is 2. The van der Waals surface area contributed by atoms with Crippen molar-refractivity contribution >= 4 is 11.8 Å². The summed E-state index contributed by atoms with van der Waals surface area (Å²) >= 11 is 1.82. The van der Waals surface area contributed by atoms with Crippen LogP contribution in [0.2, 0.25) is 0 Å². The second kappa shape index (κ2) is 8.02. The molecule has 2 nitrogen and oxygen atoms in total. The highest BCUT2D eigenvalue weighted by molar-refractivity contribution is 7.99. The zero-order valence-corrected chi connectivity index (χ0v) is 14.3. The summed E-state index contributed by atoms with van der Waals surface area (Å²) in [7, 11) is 0. The van der Waals surface area contributed by atoms with Crippen molar-refractivity contribution in [2.24, 2.45) is 0 Å². The summed E-state index contributed by atoms with van der Waals surface area (Å²) in [6, 6.07) is 20.8. The molecule has 0 radical (unpaired) electrons. The number of rotatable bonds is 7. The van der Waals surface area contributed by atoms with Crippen molar-refractivity contribution in [3.05, 3.63) is 60.7 Å². The van der Waals surface area contributed by atoms with Gasteiger partial charge in [-0.2, -0.15) is 0 Å². The zero-order valence-electron chi connectivity index (χ0n) is 13.5. The summed E-state index contributed by atoms with van der Waals surface area (Å²) in [6.07, 6.45) is 3.78. The minimum absolute atomic E-state index is 1.01. The normalized spacial score (nSPS) is 10.8. The van der Waals surface area contributed by atoms with Crippen LogP contribution in [0, 0.1) is 0 Å². The van der Waals surface area contributed by atoms with Crippen LogP contribution in [0.1, 0.15) is 26.2 Å². The van der Waals surface area contributed by atoms with Crippen LogP contribution >= 0.6 is 11.8 Å². The first kappa shape index (κ1) is 15.9. The van der Waals surface area contributed by atoms with Gasteiger partial charge in [0.1, 0.15) is 0 Å². The standard InChI is InChI=1S/C20H22N2S/c1-2-3-10-15-23-20-21-18(16-11-6-4-7-12-16)19(22-20)17-13-8-5-9-14-17/h4-9,11-14H,2-3,10,15H2,1H3,(H,21,22). The third kappa shape index (κ3) is 4.05. The van der Waals surface area contributed by atoms with Crippen LogP contribution in [0.15, 0.2) is 65.8 Å². The number of benzene rings is 2. The van der Waals surface area contributed by atoms with E-state index in [9.17, 15) is 0 Å². The Kier molecular flexibility index (Phi) is 5.54. The van der Waals surface area contributed by atoms with Crippen molar-refractivity contribution in [3.63, 3.8) is 0 Å². The van der Waals surface area contributed by atoms with Crippen molar-refractivity contribution in [1.82, 2.24) is 9.97 Å². The Morgan fingerprint density at radius 1 is 0.870 bits per heavy atom. The minimum atomic E-state index is 1.01. The Morgan fingerprint density at radius 3 is 2.17 bits per heavy atom. The van der Waals surface area contributed by atoms with E-state index in [1.165, 1.54) is 24.8 Å². The van der Waals surface area contributed by atoms with Crippen LogP contribution in [0.4, 0.5) is 0 Å². The molecular weight excluding hydrogens is 300 g/mol. The first-order valence-corrected chi connectivity index (χ1v) is 9.20. The highest BCUT2D eigenvalue weighted by Gasteiger charge is 2.13. The minimum Gasteiger partial charge on any atom is -0.332 e. The topological polar surface area (TPSA) is 28.7 Å². The average Bonchev–Trinajstić information content (AvgIpc) is 3.05. The molecule has 1 aromatic heterocycles. The number of hydrogen-bond acceptors (Lipinski definition) is 2. The maximum Gasteiger partial charge on any atom is 0.166 e. The molecule has 0 bridgehead atoms. The summed E-state index contributed by atoms with van der Waals surface area (Å²) in [4.78, 5) is 8.39.